The SMILES string of the molecule is CC(=O)NCC=Cc1c[nH]c2ncc(Br)cc12. The number of carbonyl (C=O) groups excluding carboxylic acids is 1. The van der Waals surface area contributed by atoms with E-state index in [2.05, 4.69) is 31.2 Å². The molecule has 2 aromatic rings. The molecule has 0 radical (unpaired) electrons. The van der Waals surface area contributed by atoms with E-state index in [1.165, 1.54) is 6.92 Å². The Bertz CT molecular complexity index is 574. The Kier molecular flexibility index (Phi) is 3.58. The van der Waals surface area contributed by atoms with Crippen molar-refractivity contribution < 1.29 is 4.79 Å². The highest BCUT2D eigenvalue weighted by Gasteiger charge is 2.02. The third kappa shape index (κ3) is 2.94. The first-order chi connectivity index (χ1) is 8.16. The van der Waals surface area contributed by atoms with Gasteiger partial charge in [-0.2, -0.15) is 0 Å². The van der Waals surface area contributed by atoms with Crippen LogP contribution in [0.15, 0.2) is 29.0 Å². The smallest absolute Gasteiger partial charge is 0.217 e. The van der Waals surface area contributed by atoms with Crippen LogP contribution in [0.4, 0.5) is 0 Å². The summed E-state index contributed by atoms with van der Waals surface area (Å²) >= 11 is 3.39. The third-order valence-corrected chi connectivity index (χ3v) is 2.73. The van der Waals surface area contributed by atoms with Crippen molar-refractivity contribution in [1.29, 1.82) is 0 Å². The lowest BCUT2D eigenvalue weighted by molar-refractivity contribution is -0.118. The fraction of sp³-hybridized carbons (Fsp3) is 0.167. The number of nitrogens with one attached hydrogen (secondary N) is 2. The van der Waals surface area contributed by atoms with Gasteiger partial charge in [0, 0.05) is 41.3 Å². The highest BCUT2D eigenvalue weighted by Crippen LogP contribution is 2.21. The Morgan fingerprint density at radius 2 is 2.47 bits per heavy atom. The van der Waals surface area contributed by atoms with Crippen molar-refractivity contribution in [2.24, 2.45) is 0 Å². The van der Waals surface area contributed by atoms with Crippen molar-refractivity contribution in [2.45, 2.75) is 6.92 Å². The average Bonchev–Trinajstić information content (AvgIpc) is 2.67. The molecule has 0 aliphatic carbocycles. The molecular formula is C12H12BrN3O. The number of aromatic amines is 1. The molecule has 4 nitrogen and oxygen atoms in total. The predicted molar refractivity (Wildman–Crippen MR) is 71.5 cm³/mol. The molecule has 5 heteroatoms. The average molecular weight is 294 g/mol. The van der Waals surface area contributed by atoms with Gasteiger partial charge in [-0.15, -0.1) is 0 Å². The monoisotopic (exact) mass is 293 g/mol. The molecule has 0 aliphatic rings. The van der Waals surface area contributed by atoms with Gasteiger partial charge in [0.15, 0.2) is 0 Å². The number of fused-ring (bicyclic) bond motifs is 1. The van der Waals surface area contributed by atoms with E-state index in [-0.39, 0.29) is 5.91 Å². The molecule has 2 aromatic heterocycles. The maximum Gasteiger partial charge on any atom is 0.217 e. The minimum Gasteiger partial charge on any atom is -0.353 e. The molecule has 0 unspecified atom stereocenters. The van der Waals surface area contributed by atoms with Crippen LogP contribution in [-0.2, 0) is 4.79 Å². The van der Waals surface area contributed by atoms with Crippen LogP contribution in [0, 0.1) is 0 Å². The van der Waals surface area contributed by atoms with Gasteiger partial charge < -0.3 is 10.3 Å². The van der Waals surface area contributed by atoms with Gasteiger partial charge in [-0.3, -0.25) is 4.79 Å². The Morgan fingerprint density at radius 3 is 3.24 bits per heavy atom. The van der Waals surface area contributed by atoms with Gasteiger partial charge in [0.1, 0.15) is 5.65 Å². The molecule has 0 bridgehead atoms. The van der Waals surface area contributed by atoms with Crippen molar-refractivity contribution in [3.05, 3.63) is 34.6 Å². The molecule has 0 atom stereocenters. The number of halogens is 1. The molecule has 2 N–H and O–H groups in total. The topological polar surface area (TPSA) is 57.8 Å². The molecule has 0 saturated carbocycles. The molecule has 0 aromatic carbocycles. The second-order valence-corrected chi connectivity index (χ2v) is 4.55. The normalized spacial score (nSPS) is 11.2. The van der Waals surface area contributed by atoms with Crippen LogP contribution in [-0.4, -0.2) is 22.4 Å². The van der Waals surface area contributed by atoms with Crippen molar-refractivity contribution in [3.8, 4) is 0 Å². The summed E-state index contributed by atoms with van der Waals surface area (Å²) in [6.45, 7) is 2.03. The first kappa shape index (κ1) is 11.9. The van der Waals surface area contributed by atoms with Crippen LogP contribution in [0.3, 0.4) is 0 Å². The lowest BCUT2D eigenvalue weighted by Crippen LogP contribution is -2.19. The Hall–Kier alpha value is -1.62. The van der Waals surface area contributed by atoms with Gasteiger partial charge in [0.2, 0.25) is 5.91 Å². The van der Waals surface area contributed by atoms with E-state index >= 15 is 0 Å². The number of pyridine rings is 1. The highest BCUT2D eigenvalue weighted by molar-refractivity contribution is 9.10. The first-order valence-corrected chi connectivity index (χ1v) is 6.00. The number of carbonyl (C=O) groups is 1. The number of nitrogens with zero attached hydrogens (tertiary/aromatic N) is 1. The minimum atomic E-state index is -0.0296. The molecule has 0 spiro atoms. The van der Waals surface area contributed by atoms with Gasteiger partial charge >= 0.3 is 0 Å². The number of hydrogen-bond donors (Lipinski definition) is 2. The van der Waals surface area contributed by atoms with Gasteiger partial charge in [-0.1, -0.05) is 12.2 Å². The standard InChI is InChI=1S/C12H12BrN3O/c1-8(17)14-4-2-3-9-6-15-12-11(9)5-10(13)7-16-12/h2-3,5-7H,4H2,1H3,(H,14,17)(H,15,16). The second kappa shape index (κ2) is 5.14. The van der Waals surface area contributed by atoms with Crippen molar-refractivity contribution in [1.82, 2.24) is 15.3 Å². The highest BCUT2D eigenvalue weighted by atomic mass is 79.9. The summed E-state index contributed by atoms with van der Waals surface area (Å²) in [7, 11) is 0. The molecule has 17 heavy (non-hydrogen) atoms. The fourth-order valence-electron chi connectivity index (χ4n) is 1.52. The number of hydrogen-bond acceptors (Lipinski definition) is 2. The van der Waals surface area contributed by atoms with Crippen LogP contribution < -0.4 is 5.32 Å². The first-order valence-electron chi connectivity index (χ1n) is 5.20. The molecular weight excluding hydrogens is 282 g/mol. The van der Waals surface area contributed by atoms with Crippen LogP contribution in [0.25, 0.3) is 17.1 Å². The van der Waals surface area contributed by atoms with E-state index in [4.69, 9.17) is 0 Å². The molecule has 88 valence electrons. The summed E-state index contributed by atoms with van der Waals surface area (Å²) < 4.78 is 0.945. The van der Waals surface area contributed by atoms with E-state index in [0.29, 0.717) is 6.54 Å². The number of amides is 1. The predicted octanol–water partition coefficient (Wildman–Crippen LogP) is 2.47. The summed E-state index contributed by atoms with van der Waals surface area (Å²) in [4.78, 5) is 18.0. The lowest BCUT2D eigenvalue weighted by Gasteiger charge is -1.95. The van der Waals surface area contributed by atoms with Crippen LogP contribution in [0.1, 0.15) is 12.5 Å². The zero-order valence-electron chi connectivity index (χ0n) is 9.33. The van der Waals surface area contributed by atoms with Gasteiger partial charge in [0.05, 0.1) is 0 Å². The fourth-order valence-corrected chi connectivity index (χ4v) is 1.86. The molecule has 0 saturated heterocycles. The maximum absolute atomic E-state index is 10.7. The van der Waals surface area contributed by atoms with E-state index in [0.717, 1.165) is 21.1 Å². The second-order valence-electron chi connectivity index (χ2n) is 3.63. The quantitative estimate of drug-likeness (QED) is 0.913. The summed E-state index contributed by atoms with van der Waals surface area (Å²) in [6.07, 6.45) is 7.52. The van der Waals surface area contributed by atoms with Crippen LogP contribution in [0.2, 0.25) is 0 Å². The molecule has 0 aliphatic heterocycles. The van der Waals surface area contributed by atoms with Gasteiger partial charge in [0.25, 0.3) is 0 Å². The molecule has 2 rings (SSSR count). The summed E-state index contributed by atoms with van der Waals surface area (Å²) in [5.74, 6) is -0.0296. The maximum atomic E-state index is 10.7. The summed E-state index contributed by atoms with van der Waals surface area (Å²) in [5.41, 5.74) is 1.91. The minimum absolute atomic E-state index is 0.0296. The van der Waals surface area contributed by atoms with Crippen LogP contribution in [0.5, 0.6) is 0 Å². The van der Waals surface area contributed by atoms with Crippen LogP contribution >= 0.6 is 15.9 Å². The van der Waals surface area contributed by atoms with Gasteiger partial charge in [-0.05, 0) is 22.0 Å². The molecule has 1 amide bonds. The van der Waals surface area contributed by atoms with Crippen molar-refractivity contribution in [2.75, 3.05) is 6.54 Å². The van der Waals surface area contributed by atoms with E-state index in [1.807, 2.05) is 24.4 Å². The van der Waals surface area contributed by atoms with Crippen molar-refractivity contribution >= 4 is 38.9 Å². The number of rotatable bonds is 3. The largest absolute Gasteiger partial charge is 0.353 e. The zero-order valence-corrected chi connectivity index (χ0v) is 10.9. The van der Waals surface area contributed by atoms with Crippen molar-refractivity contribution in [3.63, 3.8) is 0 Å². The van der Waals surface area contributed by atoms with E-state index < -0.39 is 0 Å². The zero-order chi connectivity index (χ0) is 12.3. The Balaban J connectivity index is 2.18. The lowest BCUT2D eigenvalue weighted by atomic mass is 10.2. The third-order valence-electron chi connectivity index (χ3n) is 2.30. The summed E-state index contributed by atoms with van der Waals surface area (Å²) in [6, 6.07) is 2.01. The summed E-state index contributed by atoms with van der Waals surface area (Å²) in [5, 5.41) is 3.76. The van der Waals surface area contributed by atoms with E-state index in [9.17, 15) is 4.79 Å². The van der Waals surface area contributed by atoms with E-state index in [1.54, 1.807) is 6.20 Å². The van der Waals surface area contributed by atoms with Gasteiger partial charge in [-0.25, -0.2) is 4.98 Å². The Labute approximate surface area is 107 Å². The molecule has 2 heterocycles. The number of H-pyrrole nitrogens is 1. The Morgan fingerprint density at radius 1 is 1.65 bits per heavy atom. The number of aromatic nitrogens is 2. The molecule has 0 fully saturated rings.